The fraction of sp³-hybridized carbons (Fsp3) is 0.353. The van der Waals surface area contributed by atoms with Gasteiger partial charge in [-0.1, -0.05) is 6.07 Å². The second kappa shape index (κ2) is 6.68. The molecule has 1 heterocycles. The van der Waals surface area contributed by atoms with Crippen LogP contribution in [0.2, 0.25) is 0 Å². The van der Waals surface area contributed by atoms with Crippen molar-refractivity contribution in [2.45, 2.75) is 30.8 Å². The Labute approximate surface area is 145 Å². The summed E-state index contributed by atoms with van der Waals surface area (Å²) in [6, 6.07) is 5.49. The normalized spacial score (nSPS) is 15.8. The fourth-order valence-electron chi connectivity index (χ4n) is 2.78. The summed E-state index contributed by atoms with van der Waals surface area (Å²) in [6.45, 7) is 1.75. The number of anilines is 1. The Bertz CT molecular complexity index is 899. The number of sulfonamides is 1. The minimum atomic E-state index is -4.28. The van der Waals surface area contributed by atoms with Crippen LogP contribution in [-0.2, 0) is 14.8 Å². The molecule has 1 unspecified atom stereocenters. The molecule has 3 rings (SSSR count). The zero-order valence-corrected chi connectivity index (χ0v) is 14.6. The summed E-state index contributed by atoms with van der Waals surface area (Å²) in [7, 11) is -2.65. The summed E-state index contributed by atoms with van der Waals surface area (Å²) in [5.41, 5.74) is 1.52. The molecule has 1 aromatic heterocycles. The molecule has 1 fully saturated rings. The second-order valence-electron chi connectivity index (χ2n) is 6.05. The van der Waals surface area contributed by atoms with Gasteiger partial charge < -0.3 is 4.74 Å². The fourth-order valence-corrected chi connectivity index (χ4v) is 3.87. The van der Waals surface area contributed by atoms with Crippen molar-refractivity contribution in [2.24, 2.45) is 5.92 Å². The molecule has 2 aromatic rings. The molecular formula is C17H18F2N2O3S. The lowest BCUT2D eigenvalue weighted by molar-refractivity contribution is 0.0838. The third kappa shape index (κ3) is 3.80. The Morgan fingerprint density at radius 3 is 2.56 bits per heavy atom. The highest BCUT2D eigenvalue weighted by Gasteiger charge is 2.33. The first kappa shape index (κ1) is 17.8. The van der Waals surface area contributed by atoms with Crippen LogP contribution in [0.15, 0.2) is 35.2 Å². The monoisotopic (exact) mass is 368 g/mol. The zero-order chi connectivity index (χ0) is 18.2. The van der Waals surface area contributed by atoms with E-state index in [4.69, 9.17) is 4.74 Å². The Morgan fingerprint density at radius 2 is 1.96 bits per heavy atom. The third-order valence-electron chi connectivity index (χ3n) is 4.16. The highest BCUT2D eigenvalue weighted by molar-refractivity contribution is 7.92. The van der Waals surface area contributed by atoms with E-state index in [-0.39, 0.29) is 11.9 Å². The summed E-state index contributed by atoms with van der Waals surface area (Å²) in [5.74, 6) is -1.38. The maximum absolute atomic E-state index is 13.7. The van der Waals surface area contributed by atoms with Crippen LogP contribution < -0.4 is 4.72 Å². The minimum Gasteiger partial charge on any atom is -0.376 e. The van der Waals surface area contributed by atoms with Crippen molar-refractivity contribution in [1.29, 1.82) is 0 Å². The Kier molecular flexibility index (Phi) is 4.75. The van der Waals surface area contributed by atoms with Gasteiger partial charge in [-0.15, -0.1) is 0 Å². The highest BCUT2D eigenvalue weighted by Crippen LogP contribution is 2.43. The number of nitrogens with one attached hydrogen (secondary N) is 1. The Balaban J connectivity index is 1.87. The quantitative estimate of drug-likeness (QED) is 0.846. The van der Waals surface area contributed by atoms with E-state index in [9.17, 15) is 17.2 Å². The third-order valence-corrected chi connectivity index (χ3v) is 5.53. The van der Waals surface area contributed by atoms with E-state index < -0.39 is 26.6 Å². The largest absolute Gasteiger partial charge is 0.376 e. The topological polar surface area (TPSA) is 68.3 Å². The summed E-state index contributed by atoms with van der Waals surface area (Å²) in [5, 5.41) is 0. The molecule has 5 nitrogen and oxygen atoms in total. The molecule has 0 aliphatic heterocycles. The van der Waals surface area contributed by atoms with Crippen LogP contribution in [-0.4, -0.2) is 20.5 Å². The Hall–Kier alpha value is -2.06. The van der Waals surface area contributed by atoms with Gasteiger partial charge in [0.15, 0.2) is 0 Å². The number of hydrogen-bond donors (Lipinski definition) is 1. The van der Waals surface area contributed by atoms with Crippen molar-refractivity contribution in [2.75, 3.05) is 11.8 Å². The van der Waals surface area contributed by atoms with Crippen LogP contribution in [0.5, 0.6) is 0 Å². The van der Waals surface area contributed by atoms with Crippen LogP contribution in [0.4, 0.5) is 14.6 Å². The second-order valence-corrected chi connectivity index (χ2v) is 7.70. The SMILES string of the molecule is COC(c1ccc(NS(=O)(=O)c2cc(F)ccc2F)nc1C)C1CC1. The van der Waals surface area contributed by atoms with Crippen molar-refractivity contribution < 1.29 is 21.9 Å². The van der Waals surface area contributed by atoms with Gasteiger partial charge >= 0.3 is 0 Å². The van der Waals surface area contributed by atoms with Gasteiger partial charge in [0.05, 0.1) is 6.10 Å². The average Bonchev–Trinajstić information content (AvgIpc) is 3.37. The van der Waals surface area contributed by atoms with Crippen molar-refractivity contribution in [1.82, 2.24) is 4.98 Å². The number of nitrogens with zero attached hydrogens (tertiary/aromatic N) is 1. The van der Waals surface area contributed by atoms with Gasteiger partial charge in [0.25, 0.3) is 10.0 Å². The number of benzene rings is 1. The minimum absolute atomic E-state index is 0.0376. The molecule has 1 aliphatic rings. The van der Waals surface area contributed by atoms with Crippen LogP contribution in [0, 0.1) is 24.5 Å². The lowest BCUT2D eigenvalue weighted by atomic mass is 10.0. The van der Waals surface area contributed by atoms with Crippen molar-refractivity contribution in [3.05, 3.63) is 53.2 Å². The molecule has 0 saturated heterocycles. The Morgan fingerprint density at radius 1 is 1.24 bits per heavy atom. The van der Waals surface area contributed by atoms with Gasteiger partial charge in [0.2, 0.25) is 0 Å². The molecule has 1 N–H and O–H groups in total. The van der Waals surface area contributed by atoms with Gasteiger partial charge in [-0.05, 0) is 49.9 Å². The van der Waals surface area contributed by atoms with E-state index in [1.807, 2.05) is 0 Å². The van der Waals surface area contributed by atoms with E-state index in [0.717, 1.165) is 30.5 Å². The average molecular weight is 368 g/mol. The summed E-state index contributed by atoms with van der Waals surface area (Å²) in [4.78, 5) is 3.47. The summed E-state index contributed by atoms with van der Waals surface area (Å²) in [6.07, 6.45) is 2.11. The van der Waals surface area contributed by atoms with Crippen molar-refractivity contribution in [3.63, 3.8) is 0 Å². The van der Waals surface area contributed by atoms with E-state index in [0.29, 0.717) is 17.7 Å². The molecule has 25 heavy (non-hydrogen) atoms. The maximum Gasteiger partial charge on any atom is 0.266 e. The maximum atomic E-state index is 13.7. The number of hydrogen-bond acceptors (Lipinski definition) is 4. The summed E-state index contributed by atoms with van der Waals surface area (Å²) >= 11 is 0. The number of aromatic nitrogens is 1. The molecule has 0 radical (unpaired) electrons. The predicted molar refractivity (Wildman–Crippen MR) is 88.6 cm³/mol. The smallest absolute Gasteiger partial charge is 0.266 e. The molecule has 8 heteroatoms. The lowest BCUT2D eigenvalue weighted by Gasteiger charge is -2.17. The van der Waals surface area contributed by atoms with Gasteiger partial charge in [-0.3, -0.25) is 4.72 Å². The molecule has 0 bridgehead atoms. The van der Waals surface area contributed by atoms with Crippen molar-refractivity contribution in [3.8, 4) is 0 Å². The molecule has 134 valence electrons. The lowest BCUT2D eigenvalue weighted by Crippen LogP contribution is -2.16. The number of rotatable bonds is 6. The molecule has 0 spiro atoms. The van der Waals surface area contributed by atoms with Crippen LogP contribution in [0.3, 0.4) is 0 Å². The first-order valence-corrected chi connectivity index (χ1v) is 9.28. The van der Waals surface area contributed by atoms with Gasteiger partial charge in [0, 0.05) is 18.4 Å². The standard InChI is InChI=1S/C17H18F2N2O3S/c1-10-13(17(24-2)11-3-4-11)6-8-16(20-10)21-25(22,23)15-9-12(18)5-7-14(15)19/h5-9,11,17H,3-4H2,1-2H3,(H,20,21). The molecule has 0 amide bonds. The van der Waals surface area contributed by atoms with E-state index in [1.54, 1.807) is 20.1 Å². The summed E-state index contributed by atoms with van der Waals surface area (Å²) < 4.78 is 59.3. The highest BCUT2D eigenvalue weighted by atomic mass is 32.2. The molecule has 1 atom stereocenters. The molecule has 1 aromatic carbocycles. The number of pyridine rings is 1. The number of halogens is 2. The first-order chi connectivity index (χ1) is 11.8. The molecule has 1 saturated carbocycles. The molecular weight excluding hydrogens is 350 g/mol. The van der Waals surface area contributed by atoms with Gasteiger partial charge in [0.1, 0.15) is 22.3 Å². The molecule has 1 aliphatic carbocycles. The van der Waals surface area contributed by atoms with E-state index >= 15 is 0 Å². The van der Waals surface area contributed by atoms with Gasteiger partial charge in [-0.2, -0.15) is 0 Å². The first-order valence-electron chi connectivity index (χ1n) is 7.80. The van der Waals surface area contributed by atoms with Crippen LogP contribution in [0.1, 0.15) is 30.2 Å². The van der Waals surface area contributed by atoms with Crippen LogP contribution in [0.25, 0.3) is 0 Å². The van der Waals surface area contributed by atoms with E-state index in [2.05, 4.69) is 9.71 Å². The van der Waals surface area contributed by atoms with Crippen LogP contribution >= 0.6 is 0 Å². The van der Waals surface area contributed by atoms with Crippen molar-refractivity contribution >= 4 is 15.8 Å². The number of aryl methyl sites for hydroxylation is 1. The number of ether oxygens (including phenoxy) is 1. The van der Waals surface area contributed by atoms with E-state index in [1.165, 1.54) is 6.07 Å². The zero-order valence-electron chi connectivity index (χ0n) is 13.8. The predicted octanol–water partition coefficient (Wildman–Crippen LogP) is 3.57. The van der Waals surface area contributed by atoms with Gasteiger partial charge in [-0.25, -0.2) is 22.2 Å². The number of methoxy groups -OCH3 is 1.